The Morgan fingerprint density at radius 1 is 1.68 bits per heavy atom. The quantitative estimate of drug-likeness (QED) is 0.776. The van der Waals surface area contributed by atoms with Crippen molar-refractivity contribution >= 4 is 21.9 Å². The lowest BCUT2D eigenvalue weighted by atomic mass is 9.90. The molecule has 106 valence electrons. The van der Waals surface area contributed by atoms with E-state index >= 15 is 0 Å². The SMILES string of the molecule is COC(=O)[C@H](C)N(Cc1cnc(Br)n1C)C1CCC1. The van der Waals surface area contributed by atoms with E-state index in [9.17, 15) is 4.79 Å². The molecule has 0 bridgehead atoms. The molecular weight excluding hydrogens is 310 g/mol. The number of carbonyl (C=O) groups is 1. The van der Waals surface area contributed by atoms with E-state index in [0.29, 0.717) is 6.04 Å². The lowest BCUT2D eigenvalue weighted by Gasteiger charge is -2.40. The standard InChI is InChI=1S/C13H20BrN3O2/c1-9(12(18)19-3)17(10-5-4-6-10)8-11-7-15-13(14)16(11)2/h7,9-10H,4-6,8H2,1-3H3/t9-/m0/s1. The second kappa shape index (κ2) is 6.05. The van der Waals surface area contributed by atoms with Gasteiger partial charge in [-0.1, -0.05) is 6.42 Å². The number of aromatic nitrogens is 2. The van der Waals surface area contributed by atoms with Gasteiger partial charge in [-0.25, -0.2) is 4.98 Å². The normalized spacial score (nSPS) is 17.3. The second-order valence-corrected chi connectivity index (χ2v) is 5.74. The molecular formula is C13H20BrN3O2. The number of carbonyl (C=O) groups excluding carboxylic acids is 1. The van der Waals surface area contributed by atoms with Crippen molar-refractivity contribution in [2.24, 2.45) is 7.05 Å². The van der Waals surface area contributed by atoms with Gasteiger partial charge in [0.15, 0.2) is 4.73 Å². The number of imidazole rings is 1. The Morgan fingerprint density at radius 2 is 2.37 bits per heavy atom. The summed E-state index contributed by atoms with van der Waals surface area (Å²) in [5.74, 6) is -0.173. The average molecular weight is 330 g/mol. The van der Waals surface area contributed by atoms with Crippen LogP contribution in [0.15, 0.2) is 10.9 Å². The van der Waals surface area contributed by atoms with Crippen LogP contribution >= 0.6 is 15.9 Å². The van der Waals surface area contributed by atoms with Gasteiger partial charge >= 0.3 is 5.97 Å². The van der Waals surface area contributed by atoms with Crippen molar-refractivity contribution in [3.63, 3.8) is 0 Å². The molecule has 1 heterocycles. The van der Waals surface area contributed by atoms with Gasteiger partial charge in [0.1, 0.15) is 6.04 Å². The molecule has 19 heavy (non-hydrogen) atoms. The zero-order valence-corrected chi connectivity index (χ0v) is 13.2. The first kappa shape index (κ1) is 14.5. The number of methoxy groups -OCH3 is 1. The number of halogens is 1. The fourth-order valence-electron chi connectivity index (χ4n) is 2.36. The van der Waals surface area contributed by atoms with E-state index in [2.05, 4.69) is 25.8 Å². The summed E-state index contributed by atoms with van der Waals surface area (Å²) in [6.45, 7) is 2.63. The summed E-state index contributed by atoms with van der Waals surface area (Å²) in [5.41, 5.74) is 1.09. The highest BCUT2D eigenvalue weighted by Gasteiger charge is 2.32. The number of hydrogen-bond donors (Lipinski definition) is 0. The Labute approximate surface area is 122 Å². The van der Waals surface area contributed by atoms with Crippen LogP contribution in [0.2, 0.25) is 0 Å². The number of nitrogens with zero attached hydrogens (tertiary/aromatic N) is 3. The Kier molecular flexibility index (Phi) is 4.62. The maximum Gasteiger partial charge on any atom is 0.322 e. The van der Waals surface area contributed by atoms with Crippen LogP contribution < -0.4 is 0 Å². The van der Waals surface area contributed by atoms with Crippen LogP contribution in [0.4, 0.5) is 0 Å². The largest absolute Gasteiger partial charge is 0.468 e. The molecule has 2 rings (SSSR count). The molecule has 0 amide bonds. The van der Waals surface area contributed by atoms with E-state index in [0.717, 1.165) is 29.8 Å². The minimum Gasteiger partial charge on any atom is -0.468 e. The topological polar surface area (TPSA) is 47.4 Å². The van der Waals surface area contributed by atoms with Gasteiger partial charge in [-0.05, 0) is 35.7 Å². The maximum atomic E-state index is 11.8. The maximum absolute atomic E-state index is 11.8. The smallest absolute Gasteiger partial charge is 0.322 e. The molecule has 0 radical (unpaired) electrons. The molecule has 1 atom stereocenters. The van der Waals surface area contributed by atoms with E-state index in [-0.39, 0.29) is 12.0 Å². The Bertz CT molecular complexity index is 457. The summed E-state index contributed by atoms with van der Waals surface area (Å²) in [5, 5.41) is 0. The van der Waals surface area contributed by atoms with Crippen LogP contribution in [0.5, 0.6) is 0 Å². The summed E-state index contributed by atoms with van der Waals surface area (Å²) in [6, 6.07) is 0.256. The zero-order valence-electron chi connectivity index (χ0n) is 11.6. The Balaban J connectivity index is 2.14. The third-order valence-electron chi connectivity index (χ3n) is 3.96. The zero-order chi connectivity index (χ0) is 14.0. The summed E-state index contributed by atoms with van der Waals surface area (Å²) in [7, 11) is 3.41. The molecule has 5 nitrogen and oxygen atoms in total. The highest BCUT2D eigenvalue weighted by atomic mass is 79.9. The Morgan fingerprint density at radius 3 is 2.79 bits per heavy atom. The first-order valence-corrected chi connectivity index (χ1v) is 7.33. The first-order chi connectivity index (χ1) is 9.04. The number of hydrogen-bond acceptors (Lipinski definition) is 4. The van der Waals surface area contributed by atoms with Crippen LogP contribution in [0.1, 0.15) is 31.9 Å². The van der Waals surface area contributed by atoms with Crippen molar-refractivity contribution in [2.75, 3.05) is 7.11 Å². The molecule has 0 N–H and O–H groups in total. The van der Waals surface area contributed by atoms with Gasteiger partial charge in [0.2, 0.25) is 0 Å². The molecule has 1 saturated carbocycles. The number of rotatable bonds is 5. The van der Waals surface area contributed by atoms with Gasteiger partial charge < -0.3 is 9.30 Å². The van der Waals surface area contributed by atoms with Gasteiger partial charge in [0.05, 0.1) is 19.0 Å². The number of esters is 1. The lowest BCUT2D eigenvalue weighted by molar-refractivity contribution is -0.148. The molecule has 1 aromatic heterocycles. The van der Waals surface area contributed by atoms with Crippen LogP contribution in [0.3, 0.4) is 0 Å². The second-order valence-electron chi connectivity index (χ2n) is 5.03. The Hall–Kier alpha value is -0.880. The van der Waals surface area contributed by atoms with Gasteiger partial charge in [0, 0.05) is 19.6 Å². The molecule has 0 aliphatic heterocycles. The monoisotopic (exact) mass is 329 g/mol. The van der Waals surface area contributed by atoms with Gasteiger partial charge in [-0.2, -0.15) is 0 Å². The van der Waals surface area contributed by atoms with Crippen LogP contribution in [0.25, 0.3) is 0 Å². The van der Waals surface area contributed by atoms with Crippen LogP contribution in [-0.4, -0.2) is 39.6 Å². The molecule has 0 spiro atoms. The molecule has 1 aliphatic carbocycles. The van der Waals surface area contributed by atoms with E-state index in [1.807, 2.05) is 24.7 Å². The molecule has 0 aromatic carbocycles. The minimum absolute atomic E-state index is 0.173. The van der Waals surface area contributed by atoms with Crippen molar-refractivity contribution in [1.82, 2.24) is 14.5 Å². The predicted octanol–water partition coefficient (Wildman–Crippen LogP) is 2.10. The van der Waals surface area contributed by atoms with E-state index in [4.69, 9.17) is 4.74 Å². The van der Waals surface area contributed by atoms with Gasteiger partial charge in [0.25, 0.3) is 0 Å². The van der Waals surface area contributed by atoms with Gasteiger partial charge in [-0.3, -0.25) is 9.69 Å². The predicted molar refractivity (Wildman–Crippen MR) is 75.6 cm³/mol. The van der Waals surface area contributed by atoms with E-state index < -0.39 is 0 Å². The van der Waals surface area contributed by atoms with Crippen molar-refractivity contribution in [1.29, 1.82) is 0 Å². The summed E-state index contributed by atoms with van der Waals surface area (Å²) >= 11 is 3.40. The molecule has 0 saturated heterocycles. The molecule has 1 aliphatic rings. The molecule has 1 fully saturated rings. The fourth-order valence-corrected chi connectivity index (χ4v) is 2.69. The fraction of sp³-hybridized carbons (Fsp3) is 0.692. The van der Waals surface area contributed by atoms with Crippen LogP contribution in [-0.2, 0) is 23.1 Å². The lowest BCUT2D eigenvalue weighted by Crippen LogP contribution is -2.48. The summed E-state index contributed by atoms with van der Waals surface area (Å²) < 4.78 is 7.68. The van der Waals surface area contributed by atoms with Crippen molar-refractivity contribution in [3.8, 4) is 0 Å². The third-order valence-corrected chi connectivity index (χ3v) is 4.69. The van der Waals surface area contributed by atoms with Crippen LogP contribution in [0, 0.1) is 0 Å². The van der Waals surface area contributed by atoms with Crippen molar-refractivity contribution < 1.29 is 9.53 Å². The molecule has 6 heteroatoms. The van der Waals surface area contributed by atoms with Crippen molar-refractivity contribution in [2.45, 2.75) is 44.8 Å². The summed E-state index contributed by atoms with van der Waals surface area (Å²) in [4.78, 5) is 18.2. The molecule has 1 aromatic rings. The highest BCUT2D eigenvalue weighted by molar-refractivity contribution is 9.10. The minimum atomic E-state index is -0.219. The van der Waals surface area contributed by atoms with Crippen molar-refractivity contribution in [3.05, 3.63) is 16.6 Å². The van der Waals surface area contributed by atoms with E-state index in [1.165, 1.54) is 13.5 Å². The first-order valence-electron chi connectivity index (χ1n) is 6.54. The average Bonchev–Trinajstić information content (AvgIpc) is 2.65. The third kappa shape index (κ3) is 3.00. The molecule has 0 unspecified atom stereocenters. The number of ether oxygens (including phenoxy) is 1. The van der Waals surface area contributed by atoms with Gasteiger partial charge in [-0.15, -0.1) is 0 Å². The van der Waals surface area contributed by atoms with E-state index in [1.54, 1.807) is 0 Å². The summed E-state index contributed by atoms with van der Waals surface area (Å²) in [6.07, 6.45) is 5.39. The highest BCUT2D eigenvalue weighted by Crippen LogP contribution is 2.28.